The van der Waals surface area contributed by atoms with Crippen LogP contribution >= 0.6 is 0 Å². The predicted molar refractivity (Wildman–Crippen MR) is 81.7 cm³/mol. The quantitative estimate of drug-likeness (QED) is 0.594. The van der Waals surface area contributed by atoms with E-state index in [0.29, 0.717) is 6.54 Å². The number of ketones is 1. The van der Waals surface area contributed by atoms with Gasteiger partial charge in [-0.05, 0) is 38.1 Å². The van der Waals surface area contributed by atoms with Crippen molar-refractivity contribution in [2.75, 3.05) is 25.0 Å². The number of anilines is 1. The number of carbonyl (C=O) groups is 1. The Hall–Kier alpha value is -1.55. The molecule has 4 heteroatoms. The summed E-state index contributed by atoms with van der Waals surface area (Å²) in [5.41, 5.74) is 1.65. The van der Waals surface area contributed by atoms with Gasteiger partial charge in [0.2, 0.25) is 0 Å². The predicted octanol–water partition coefficient (Wildman–Crippen LogP) is 2.84. The number of rotatable bonds is 7. The highest BCUT2D eigenvalue weighted by atomic mass is 16.5. The van der Waals surface area contributed by atoms with Crippen LogP contribution in [0.15, 0.2) is 18.2 Å². The molecule has 1 heterocycles. The number of ether oxygens (including phenoxy) is 1. The molecule has 0 amide bonds. The number of fused-ring (bicyclic) bond motifs is 1. The van der Waals surface area contributed by atoms with E-state index in [1.54, 1.807) is 0 Å². The molecule has 2 rings (SSSR count). The van der Waals surface area contributed by atoms with Crippen LogP contribution in [0.5, 0.6) is 5.75 Å². The minimum Gasteiger partial charge on any atom is -0.487 e. The fraction of sp³-hybridized carbons (Fsp3) is 0.562. The third-order valence-corrected chi connectivity index (χ3v) is 3.45. The fourth-order valence-corrected chi connectivity index (χ4v) is 2.26. The maximum absolute atomic E-state index is 12.1. The molecule has 0 saturated carbocycles. The summed E-state index contributed by atoms with van der Waals surface area (Å²) >= 11 is 0. The first-order valence-electron chi connectivity index (χ1n) is 7.49. The molecule has 0 fully saturated rings. The van der Waals surface area contributed by atoms with E-state index in [9.17, 15) is 4.79 Å². The Morgan fingerprint density at radius 1 is 1.45 bits per heavy atom. The van der Waals surface area contributed by atoms with E-state index in [1.165, 1.54) is 12.8 Å². The summed E-state index contributed by atoms with van der Waals surface area (Å²) in [7, 11) is 0. The first-order valence-corrected chi connectivity index (χ1v) is 7.49. The van der Waals surface area contributed by atoms with Crippen molar-refractivity contribution in [2.45, 2.75) is 39.2 Å². The van der Waals surface area contributed by atoms with Crippen LogP contribution < -0.4 is 15.4 Å². The van der Waals surface area contributed by atoms with Crippen molar-refractivity contribution >= 4 is 11.5 Å². The van der Waals surface area contributed by atoms with Crippen LogP contribution in [-0.4, -0.2) is 31.5 Å². The van der Waals surface area contributed by atoms with Crippen LogP contribution in [0, 0.1) is 0 Å². The van der Waals surface area contributed by atoms with Gasteiger partial charge in [-0.2, -0.15) is 0 Å². The van der Waals surface area contributed by atoms with Crippen molar-refractivity contribution < 1.29 is 9.53 Å². The van der Waals surface area contributed by atoms with Crippen molar-refractivity contribution in [3.05, 3.63) is 23.8 Å². The van der Waals surface area contributed by atoms with Gasteiger partial charge in [-0.3, -0.25) is 4.79 Å². The van der Waals surface area contributed by atoms with Gasteiger partial charge in [0.05, 0.1) is 18.8 Å². The van der Waals surface area contributed by atoms with Crippen molar-refractivity contribution in [2.24, 2.45) is 0 Å². The lowest BCUT2D eigenvalue weighted by Crippen LogP contribution is -2.28. The molecule has 0 spiro atoms. The van der Waals surface area contributed by atoms with E-state index < -0.39 is 0 Å². The molecule has 0 radical (unpaired) electrons. The van der Waals surface area contributed by atoms with Gasteiger partial charge >= 0.3 is 0 Å². The topological polar surface area (TPSA) is 50.4 Å². The van der Waals surface area contributed by atoms with Gasteiger partial charge in [-0.1, -0.05) is 19.8 Å². The highest BCUT2D eigenvalue weighted by molar-refractivity contribution is 5.98. The third-order valence-electron chi connectivity index (χ3n) is 3.45. The Morgan fingerprint density at radius 3 is 3.10 bits per heavy atom. The summed E-state index contributed by atoms with van der Waals surface area (Å²) < 4.78 is 5.70. The monoisotopic (exact) mass is 276 g/mol. The van der Waals surface area contributed by atoms with E-state index in [2.05, 4.69) is 17.6 Å². The molecule has 2 N–H and O–H groups in total. The van der Waals surface area contributed by atoms with Crippen LogP contribution in [0.2, 0.25) is 0 Å². The lowest BCUT2D eigenvalue weighted by atomic mass is 10.1. The number of unbranched alkanes of at least 4 members (excludes halogenated alkanes) is 2. The standard InChI is InChI=1S/C16H24N2O2/c1-3-4-5-8-17-11-15(19)13-6-7-16-14(9-13)18-10-12(2)20-16/h6-7,9,12,17-18H,3-5,8,10-11H2,1-2H3. The molecule has 110 valence electrons. The molecule has 0 saturated heterocycles. The first kappa shape index (κ1) is 14.9. The fourth-order valence-electron chi connectivity index (χ4n) is 2.26. The molecule has 0 aliphatic carbocycles. The Kier molecular flexibility index (Phi) is 5.41. The minimum absolute atomic E-state index is 0.129. The molecule has 1 atom stereocenters. The van der Waals surface area contributed by atoms with E-state index in [4.69, 9.17) is 4.74 Å². The van der Waals surface area contributed by atoms with E-state index in [1.807, 2.05) is 25.1 Å². The van der Waals surface area contributed by atoms with E-state index in [0.717, 1.165) is 36.5 Å². The number of hydrogen-bond donors (Lipinski definition) is 2. The summed E-state index contributed by atoms with van der Waals surface area (Å²) in [5.74, 6) is 0.959. The highest BCUT2D eigenvalue weighted by Gasteiger charge is 2.17. The normalized spacial score (nSPS) is 17.0. The molecule has 0 bridgehead atoms. The second-order valence-corrected chi connectivity index (χ2v) is 5.33. The van der Waals surface area contributed by atoms with Gasteiger partial charge in [-0.15, -0.1) is 0 Å². The Morgan fingerprint density at radius 2 is 2.30 bits per heavy atom. The second kappa shape index (κ2) is 7.29. The van der Waals surface area contributed by atoms with Gasteiger partial charge in [0, 0.05) is 5.56 Å². The molecule has 1 aliphatic heterocycles. The molecular weight excluding hydrogens is 252 g/mol. The van der Waals surface area contributed by atoms with E-state index >= 15 is 0 Å². The molecule has 1 aromatic carbocycles. The summed E-state index contributed by atoms with van der Waals surface area (Å²) in [4.78, 5) is 12.1. The smallest absolute Gasteiger partial charge is 0.176 e. The zero-order valence-corrected chi connectivity index (χ0v) is 12.4. The van der Waals surface area contributed by atoms with Crippen molar-refractivity contribution in [1.82, 2.24) is 5.32 Å². The lowest BCUT2D eigenvalue weighted by Gasteiger charge is -2.25. The van der Waals surface area contributed by atoms with Crippen LogP contribution in [0.25, 0.3) is 0 Å². The van der Waals surface area contributed by atoms with Crippen LogP contribution in [0.3, 0.4) is 0 Å². The number of carbonyl (C=O) groups excluding carboxylic acids is 1. The van der Waals surface area contributed by atoms with Gasteiger partial charge in [0.1, 0.15) is 11.9 Å². The largest absolute Gasteiger partial charge is 0.487 e. The van der Waals surface area contributed by atoms with Crippen molar-refractivity contribution in [3.8, 4) is 5.75 Å². The molecule has 1 aliphatic rings. The number of hydrogen-bond acceptors (Lipinski definition) is 4. The first-order chi connectivity index (χ1) is 9.70. The molecule has 1 unspecified atom stereocenters. The Bertz CT molecular complexity index is 460. The summed E-state index contributed by atoms with van der Waals surface area (Å²) in [5, 5.41) is 6.50. The minimum atomic E-state index is 0.129. The van der Waals surface area contributed by atoms with Crippen molar-refractivity contribution in [3.63, 3.8) is 0 Å². The van der Waals surface area contributed by atoms with Gasteiger partial charge in [0.25, 0.3) is 0 Å². The van der Waals surface area contributed by atoms with Crippen molar-refractivity contribution in [1.29, 1.82) is 0 Å². The number of benzene rings is 1. The molecule has 4 nitrogen and oxygen atoms in total. The Labute approximate surface area is 120 Å². The average molecular weight is 276 g/mol. The van der Waals surface area contributed by atoms with Crippen LogP contribution in [0.1, 0.15) is 43.5 Å². The summed E-state index contributed by atoms with van der Waals surface area (Å²) in [6.45, 7) is 6.28. The van der Waals surface area contributed by atoms with E-state index in [-0.39, 0.29) is 11.9 Å². The number of Topliss-reactive ketones (excluding diaryl/α,β-unsaturated/α-hetero) is 1. The maximum Gasteiger partial charge on any atom is 0.176 e. The van der Waals surface area contributed by atoms with Crippen LogP contribution in [-0.2, 0) is 0 Å². The van der Waals surface area contributed by atoms with Gasteiger partial charge < -0.3 is 15.4 Å². The third kappa shape index (κ3) is 3.97. The summed E-state index contributed by atoms with van der Waals surface area (Å²) in [6, 6.07) is 5.61. The average Bonchev–Trinajstić information content (AvgIpc) is 2.46. The van der Waals surface area contributed by atoms with Crippen LogP contribution in [0.4, 0.5) is 5.69 Å². The zero-order chi connectivity index (χ0) is 14.4. The lowest BCUT2D eigenvalue weighted by molar-refractivity contribution is 0.0991. The molecule has 1 aromatic rings. The molecular formula is C16H24N2O2. The molecule has 0 aromatic heterocycles. The second-order valence-electron chi connectivity index (χ2n) is 5.33. The molecule has 20 heavy (non-hydrogen) atoms. The zero-order valence-electron chi connectivity index (χ0n) is 12.4. The summed E-state index contributed by atoms with van der Waals surface area (Å²) in [6.07, 6.45) is 3.70. The maximum atomic E-state index is 12.1. The van der Waals surface area contributed by atoms with Gasteiger partial charge in [0.15, 0.2) is 5.78 Å². The number of nitrogens with one attached hydrogen (secondary N) is 2. The Balaban J connectivity index is 1.87. The SMILES string of the molecule is CCCCCNCC(=O)c1ccc2c(c1)NCC(C)O2. The highest BCUT2D eigenvalue weighted by Crippen LogP contribution is 2.29. The van der Waals surface area contributed by atoms with Gasteiger partial charge in [-0.25, -0.2) is 0 Å².